The summed E-state index contributed by atoms with van der Waals surface area (Å²) in [6.07, 6.45) is 2.53. The van der Waals surface area contributed by atoms with Crippen LogP contribution in [0.5, 0.6) is 0 Å². The number of carbonyl (C=O) groups is 1. The number of aromatic nitrogens is 1. The number of pyridine rings is 1. The normalized spacial score (nSPS) is 10.3. The third kappa shape index (κ3) is 4.63. The minimum atomic E-state index is -0.996. The Morgan fingerprint density at radius 3 is 3.06 bits per heavy atom. The van der Waals surface area contributed by atoms with Gasteiger partial charge in [0.25, 0.3) is 0 Å². The molecular formula is C11H15NO3S. The van der Waals surface area contributed by atoms with Gasteiger partial charge in [0, 0.05) is 23.5 Å². The molecule has 0 bridgehead atoms. The van der Waals surface area contributed by atoms with Crippen LogP contribution in [-0.4, -0.2) is 35.0 Å². The third-order valence-corrected chi connectivity index (χ3v) is 2.75. The van der Waals surface area contributed by atoms with Gasteiger partial charge in [-0.15, -0.1) is 11.8 Å². The fraction of sp³-hybridized carbons (Fsp3) is 0.455. The topological polar surface area (TPSA) is 59.4 Å². The summed E-state index contributed by atoms with van der Waals surface area (Å²) < 4.78 is 5.33. The van der Waals surface area contributed by atoms with Crippen molar-refractivity contribution in [2.24, 2.45) is 0 Å². The molecule has 0 aliphatic rings. The van der Waals surface area contributed by atoms with Gasteiger partial charge in [-0.2, -0.15) is 0 Å². The predicted octanol–water partition coefficient (Wildman–Crippen LogP) is 2.30. The molecule has 1 aromatic heterocycles. The van der Waals surface area contributed by atoms with Crippen LogP contribution < -0.4 is 0 Å². The predicted molar refractivity (Wildman–Crippen MR) is 63.0 cm³/mol. The maximum absolute atomic E-state index is 10.7. The molecule has 0 spiro atoms. The molecule has 0 radical (unpaired) electrons. The van der Waals surface area contributed by atoms with Gasteiger partial charge in [-0.1, -0.05) is 6.92 Å². The summed E-state index contributed by atoms with van der Waals surface area (Å²) in [5.41, 5.74) is 0.0828. The van der Waals surface area contributed by atoms with E-state index in [0.717, 1.165) is 23.7 Å². The minimum absolute atomic E-state index is 0.0828. The molecule has 4 nitrogen and oxygen atoms in total. The van der Waals surface area contributed by atoms with Crippen molar-refractivity contribution in [2.75, 3.05) is 19.0 Å². The molecule has 0 aromatic carbocycles. The first-order valence-electron chi connectivity index (χ1n) is 5.14. The zero-order valence-electron chi connectivity index (χ0n) is 9.18. The quantitative estimate of drug-likeness (QED) is 0.586. The molecule has 1 aromatic rings. The molecule has 1 N–H and O–H groups in total. The number of thioether (sulfide) groups is 1. The molecule has 1 rings (SSSR count). The van der Waals surface area contributed by atoms with Crippen LogP contribution >= 0.6 is 11.8 Å². The van der Waals surface area contributed by atoms with Gasteiger partial charge >= 0.3 is 5.97 Å². The van der Waals surface area contributed by atoms with Crippen molar-refractivity contribution in [2.45, 2.75) is 18.2 Å². The highest BCUT2D eigenvalue weighted by molar-refractivity contribution is 7.99. The van der Waals surface area contributed by atoms with E-state index >= 15 is 0 Å². The highest BCUT2D eigenvalue weighted by Gasteiger charge is 2.04. The molecule has 0 unspecified atom stereocenters. The van der Waals surface area contributed by atoms with E-state index in [0.29, 0.717) is 6.61 Å². The molecule has 0 aliphatic carbocycles. The maximum atomic E-state index is 10.7. The lowest BCUT2D eigenvalue weighted by Gasteiger charge is -2.03. The van der Waals surface area contributed by atoms with Crippen molar-refractivity contribution in [3.8, 4) is 0 Å². The van der Waals surface area contributed by atoms with Crippen LogP contribution in [0.1, 0.15) is 23.8 Å². The van der Waals surface area contributed by atoms with E-state index in [1.165, 1.54) is 6.20 Å². The lowest BCUT2D eigenvalue weighted by molar-refractivity contribution is 0.0690. The van der Waals surface area contributed by atoms with Crippen molar-refractivity contribution in [3.63, 3.8) is 0 Å². The van der Waals surface area contributed by atoms with Crippen molar-refractivity contribution >= 4 is 17.7 Å². The van der Waals surface area contributed by atoms with E-state index in [-0.39, 0.29) is 5.69 Å². The van der Waals surface area contributed by atoms with Gasteiger partial charge in [0.1, 0.15) is 5.69 Å². The molecule has 0 saturated carbocycles. The summed E-state index contributed by atoms with van der Waals surface area (Å²) >= 11 is 1.57. The van der Waals surface area contributed by atoms with E-state index in [1.807, 2.05) is 0 Å². The SMILES string of the molecule is CCCOCCSc1ccnc(C(=O)O)c1. The monoisotopic (exact) mass is 241 g/mol. The van der Waals surface area contributed by atoms with Gasteiger partial charge in [-0.25, -0.2) is 9.78 Å². The van der Waals surface area contributed by atoms with Gasteiger partial charge < -0.3 is 9.84 Å². The summed E-state index contributed by atoms with van der Waals surface area (Å²) in [6.45, 7) is 3.52. The largest absolute Gasteiger partial charge is 0.477 e. The highest BCUT2D eigenvalue weighted by atomic mass is 32.2. The standard InChI is InChI=1S/C11H15NO3S/c1-2-5-15-6-7-16-9-3-4-12-10(8-9)11(13)14/h3-4,8H,2,5-7H2,1H3,(H,13,14). The minimum Gasteiger partial charge on any atom is -0.477 e. The van der Waals surface area contributed by atoms with Crippen molar-refractivity contribution in [3.05, 3.63) is 24.0 Å². The van der Waals surface area contributed by atoms with Gasteiger partial charge in [-0.05, 0) is 18.6 Å². The number of rotatable bonds is 7. The summed E-state index contributed by atoms with van der Waals surface area (Å²) in [5, 5.41) is 8.75. The number of ether oxygens (including phenoxy) is 1. The van der Waals surface area contributed by atoms with Crippen molar-refractivity contribution in [1.29, 1.82) is 0 Å². The Bertz CT molecular complexity index is 344. The molecule has 0 aliphatic heterocycles. The summed E-state index contributed by atoms with van der Waals surface area (Å²) in [7, 11) is 0. The first kappa shape index (κ1) is 13.0. The van der Waals surface area contributed by atoms with E-state index in [9.17, 15) is 4.79 Å². The van der Waals surface area contributed by atoms with Crippen LogP contribution in [0.3, 0.4) is 0 Å². The molecule has 0 amide bonds. The number of aromatic carboxylic acids is 1. The van der Waals surface area contributed by atoms with Gasteiger partial charge in [-0.3, -0.25) is 0 Å². The molecular weight excluding hydrogens is 226 g/mol. The Hall–Kier alpha value is -1.07. The zero-order chi connectivity index (χ0) is 11.8. The molecule has 5 heteroatoms. The Morgan fingerprint density at radius 1 is 1.56 bits per heavy atom. The summed E-state index contributed by atoms with van der Waals surface area (Å²) in [4.78, 5) is 15.3. The molecule has 0 fully saturated rings. The number of hydrogen-bond acceptors (Lipinski definition) is 4. The lowest BCUT2D eigenvalue weighted by Crippen LogP contribution is -2.00. The summed E-state index contributed by atoms with van der Waals surface area (Å²) in [5.74, 6) is -0.173. The van der Waals surface area contributed by atoms with Gasteiger partial charge in [0.2, 0.25) is 0 Å². The Morgan fingerprint density at radius 2 is 2.38 bits per heavy atom. The van der Waals surface area contributed by atoms with Crippen molar-refractivity contribution in [1.82, 2.24) is 4.98 Å². The van der Waals surface area contributed by atoms with Crippen molar-refractivity contribution < 1.29 is 14.6 Å². The average Bonchev–Trinajstić information content (AvgIpc) is 2.29. The first-order valence-corrected chi connectivity index (χ1v) is 6.12. The zero-order valence-corrected chi connectivity index (χ0v) is 10.00. The molecule has 16 heavy (non-hydrogen) atoms. The van der Waals surface area contributed by atoms with Crippen LogP contribution in [0, 0.1) is 0 Å². The molecule has 0 atom stereocenters. The van der Waals surface area contributed by atoms with E-state index in [4.69, 9.17) is 9.84 Å². The van der Waals surface area contributed by atoms with Crippen LogP contribution in [0.2, 0.25) is 0 Å². The van der Waals surface area contributed by atoms with E-state index < -0.39 is 5.97 Å². The summed E-state index contributed by atoms with van der Waals surface area (Å²) in [6, 6.07) is 3.38. The van der Waals surface area contributed by atoms with E-state index in [1.54, 1.807) is 23.9 Å². The van der Waals surface area contributed by atoms with E-state index in [2.05, 4.69) is 11.9 Å². The lowest BCUT2D eigenvalue weighted by atomic mass is 10.3. The highest BCUT2D eigenvalue weighted by Crippen LogP contribution is 2.17. The fourth-order valence-electron chi connectivity index (χ4n) is 1.08. The Kier molecular flexibility index (Phi) is 5.88. The van der Waals surface area contributed by atoms with Crippen LogP contribution in [0.15, 0.2) is 23.2 Å². The second kappa shape index (κ2) is 7.24. The van der Waals surface area contributed by atoms with Crippen LogP contribution in [0.4, 0.5) is 0 Å². The molecule has 88 valence electrons. The first-order chi connectivity index (χ1) is 7.74. The fourth-order valence-corrected chi connectivity index (χ4v) is 1.87. The average molecular weight is 241 g/mol. The number of hydrogen-bond donors (Lipinski definition) is 1. The number of carboxylic acid groups (broad SMARTS) is 1. The smallest absolute Gasteiger partial charge is 0.354 e. The third-order valence-electron chi connectivity index (χ3n) is 1.80. The maximum Gasteiger partial charge on any atom is 0.354 e. The Labute approximate surface area is 99.0 Å². The molecule has 0 saturated heterocycles. The second-order valence-corrected chi connectivity index (χ2v) is 4.31. The van der Waals surface area contributed by atoms with Gasteiger partial charge in [0.15, 0.2) is 0 Å². The molecule has 1 heterocycles. The number of nitrogens with zero attached hydrogens (tertiary/aromatic N) is 1. The van der Waals surface area contributed by atoms with Crippen LogP contribution in [-0.2, 0) is 4.74 Å². The van der Waals surface area contributed by atoms with Gasteiger partial charge in [0.05, 0.1) is 6.61 Å². The second-order valence-electron chi connectivity index (χ2n) is 3.14. The number of carboxylic acids is 1. The van der Waals surface area contributed by atoms with Crippen LogP contribution in [0.25, 0.3) is 0 Å². The Balaban J connectivity index is 2.36.